The molecule has 0 amide bonds. The molecule has 1 aromatic heterocycles. The van der Waals surface area contributed by atoms with Crippen LogP contribution in [0.3, 0.4) is 0 Å². The number of carbonyl (C=O) groups is 1. The minimum absolute atomic E-state index is 0.174. The highest BCUT2D eigenvalue weighted by Crippen LogP contribution is 2.06. The molecule has 0 fully saturated rings. The zero-order valence-electron chi connectivity index (χ0n) is 9.86. The van der Waals surface area contributed by atoms with Crippen molar-refractivity contribution >= 4 is 5.97 Å². The standard InChI is InChI=1S/C11H17N3O2/c1-11(2,3)16-10(15)8-12-7-9-5-4-6-13-14-9/h4-6,12H,7-8H2,1-3H3. The Morgan fingerprint density at radius 2 is 2.25 bits per heavy atom. The fourth-order valence-electron chi connectivity index (χ4n) is 1.10. The summed E-state index contributed by atoms with van der Waals surface area (Å²) in [5.74, 6) is -0.267. The van der Waals surface area contributed by atoms with Gasteiger partial charge in [-0.25, -0.2) is 0 Å². The van der Waals surface area contributed by atoms with Crippen molar-refractivity contribution in [2.24, 2.45) is 0 Å². The van der Waals surface area contributed by atoms with Crippen LogP contribution < -0.4 is 5.32 Å². The Morgan fingerprint density at radius 3 is 2.81 bits per heavy atom. The number of rotatable bonds is 4. The second-order valence-electron chi connectivity index (χ2n) is 4.40. The summed E-state index contributed by atoms with van der Waals surface area (Å²) in [5.41, 5.74) is 0.358. The molecule has 88 valence electrons. The van der Waals surface area contributed by atoms with Crippen LogP contribution >= 0.6 is 0 Å². The molecule has 1 N–H and O–H groups in total. The summed E-state index contributed by atoms with van der Waals surface area (Å²) in [6.45, 7) is 6.20. The van der Waals surface area contributed by atoms with Gasteiger partial charge in [-0.15, -0.1) is 0 Å². The van der Waals surface area contributed by atoms with Gasteiger partial charge >= 0.3 is 5.97 Å². The van der Waals surface area contributed by atoms with E-state index in [-0.39, 0.29) is 12.5 Å². The van der Waals surface area contributed by atoms with E-state index in [0.29, 0.717) is 6.54 Å². The lowest BCUT2D eigenvalue weighted by Gasteiger charge is -2.19. The summed E-state index contributed by atoms with van der Waals surface area (Å²) >= 11 is 0. The number of ether oxygens (including phenoxy) is 1. The molecule has 0 aromatic carbocycles. The maximum absolute atomic E-state index is 11.3. The van der Waals surface area contributed by atoms with Gasteiger partial charge < -0.3 is 10.1 Å². The van der Waals surface area contributed by atoms with Crippen LogP contribution in [0.15, 0.2) is 18.3 Å². The molecule has 0 aliphatic rings. The van der Waals surface area contributed by atoms with E-state index in [1.807, 2.05) is 26.8 Å². The van der Waals surface area contributed by atoms with Crippen molar-refractivity contribution in [3.63, 3.8) is 0 Å². The highest BCUT2D eigenvalue weighted by Gasteiger charge is 2.15. The van der Waals surface area contributed by atoms with E-state index >= 15 is 0 Å². The van der Waals surface area contributed by atoms with Crippen LogP contribution in [0.4, 0.5) is 0 Å². The van der Waals surface area contributed by atoms with Gasteiger partial charge in [-0.1, -0.05) is 0 Å². The van der Waals surface area contributed by atoms with Gasteiger partial charge in [0.2, 0.25) is 0 Å². The van der Waals surface area contributed by atoms with Crippen molar-refractivity contribution in [2.45, 2.75) is 32.9 Å². The van der Waals surface area contributed by atoms with Gasteiger partial charge in [0.15, 0.2) is 0 Å². The fraction of sp³-hybridized carbons (Fsp3) is 0.545. The van der Waals surface area contributed by atoms with Crippen molar-refractivity contribution < 1.29 is 9.53 Å². The predicted molar refractivity (Wildman–Crippen MR) is 59.6 cm³/mol. The molecule has 5 nitrogen and oxygen atoms in total. The Bertz CT molecular complexity index is 333. The minimum atomic E-state index is -0.439. The van der Waals surface area contributed by atoms with E-state index in [1.54, 1.807) is 12.3 Å². The van der Waals surface area contributed by atoms with Gasteiger partial charge in [0.25, 0.3) is 0 Å². The average Bonchev–Trinajstić information content (AvgIpc) is 2.16. The third kappa shape index (κ3) is 5.41. The van der Waals surface area contributed by atoms with Crippen LogP contribution in [0.25, 0.3) is 0 Å². The molecule has 0 bridgehead atoms. The van der Waals surface area contributed by atoms with Gasteiger partial charge in [0.1, 0.15) is 5.60 Å². The number of carbonyl (C=O) groups excluding carboxylic acids is 1. The van der Waals surface area contributed by atoms with Crippen molar-refractivity contribution in [3.05, 3.63) is 24.0 Å². The minimum Gasteiger partial charge on any atom is -0.459 e. The topological polar surface area (TPSA) is 64.1 Å². The predicted octanol–water partition coefficient (Wildman–Crippen LogP) is 0.908. The number of nitrogens with one attached hydrogen (secondary N) is 1. The lowest BCUT2D eigenvalue weighted by atomic mass is 10.2. The van der Waals surface area contributed by atoms with Crippen LogP contribution in [-0.4, -0.2) is 28.3 Å². The molecule has 5 heteroatoms. The van der Waals surface area contributed by atoms with Gasteiger partial charge in [0, 0.05) is 12.7 Å². The Hall–Kier alpha value is -1.49. The Morgan fingerprint density at radius 1 is 1.50 bits per heavy atom. The molecule has 0 saturated heterocycles. The molecule has 0 aliphatic heterocycles. The summed E-state index contributed by atoms with van der Waals surface area (Å²) < 4.78 is 5.14. The summed E-state index contributed by atoms with van der Waals surface area (Å²) in [6, 6.07) is 3.65. The molecule has 1 heterocycles. The van der Waals surface area contributed by atoms with Crippen LogP contribution in [0.5, 0.6) is 0 Å². The second-order valence-corrected chi connectivity index (χ2v) is 4.40. The van der Waals surface area contributed by atoms with Gasteiger partial charge in [0.05, 0.1) is 12.2 Å². The molecule has 0 unspecified atom stereocenters. The molecule has 0 saturated carbocycles. The first kappa shape index (κ1) is 12.6. The molecular weight excluding hydrogens is 206 g/mol. The van der Waals surface area contributed by atoms with E-state index in [4.69, 9.17) is 4.74 Å². The van der Waals surface area contributed by atoms with E-state index in [0.717, 1.165) is 5.69 Å². The third-order valence-electron chi connectivity index (χ3n) is 1.62. The zero-order valence-corrected chi connectivity index (χ0v) is 9.86. The molecule has 0 aliphatic carbocycles. The molecule has 1 aromatic rings. The number of hydrogen-bond acceptors (Lipinski definition) is 5. The summed E-state index contributed by atoms with van der Waals surface area (Å²) in [7, 11) is 0. The molecular formula is C11H17N3O2. The van der Waals surface area contributed by atoms with Gasteiger partial charge in [-0.05, 0) is 32.9 Å². The Kier molecular flexibility index (Phi) is 4.37. The summed E-state index contributed by atoms with van der Waals surface area (Å²) in [6.07, 6.45) is 1.61. The third-order valence-corrected chi connectivity index (χ3v) is 1.62. The van der Waals surface area contributed by atoms with Crippen molar-refractivity contribution in [3.8, 4) is 0 Å². The highest BCUT2D eigenvalue weighted by molar-refractivity contribution is 5.72. The van der Waals surface area contributed by atoms with E-state index < -0.39 is 5.60 Å². The molecule has 16 heavy (non-hydrogen) atoms. The largest absolute Gasteiger partial charge is 0.459 e. The van der Waals surface area contributed by atoms with Crippen LogP contribution in [0, 0.1) is 0 Å². The molecule has 0 radical (unpaired) electrons. The SMILES string of the molecule is CC(C)(C)OC(=O)CNCc1cccnn1. The summed E-state index contributed by atoms with van der Waals surface area (Å²) in [5, 5.41) is 10.6. The maximum atomic E-state index is 11.3. The first-order valence-electron chi connectivity index (χ1n) is 5.16. The monoisotopic (exact) mass is 223 g/mol. The number of aromatic nitrogens is 2. The van der Waals surface area contributed by atoms with Crippen LogP contribution in [-0.2, 0) is 16.1 Å². The quantitative estimate of drug-likeness (QED) is 0.768. The average molecular weight is 223 g/mol. The fourth-order valence-corrected chi connectivity index (χ4v) is 1.10. The smallest absolute Gasteiger partial charge is 0.320 e. The van der Waals surface area contributed by atoms with Crippen molar-refractivity contribution in [1.82, 2.24) is 15.5 Å². The second kappa shape index (κ2) is 5.55. The van der Waals surface area contributed by atoms with Crippen molar-refractivity contribution in [1.29, 1.82) is 0 Å². The van der Waals surface area contributed by atoms with Gasteiger partial charge in [-0.3, -0.25) is 4.79 Å². The maximum Gasteiger partial charge on any atom is 0.320 e. The first-order chi connectivity index (χ1) is 7.47. The molecule has 1 rings (SSSR count). The Balaban J connectivity index is 2.24. The number of nitrogens with zero attached hydrogens (tertiary/aromatic N) is 2. The zero-order chi connectivity index (χ0) is 12.0. The Labute approximate surface area is 95.2 Å². The lowest BCUT2D eigenvalue weighted by Crippen LogP contribution is -2.31. The van der Waals surface area contributed by atoms with E-state index in [9.17, 15) is 4.79 Å². The summed E-state index contributed by atoms with van der Waals surface area (Å²) in [4.78, 5) is 11.3. The number of hydrogen-bond donors (Lipinski definition) is 1. The van der Waals surface area contributed by atoms with Gasteiger partial charge in [-0.2, -0.15) is 10.2 Å². The van der Waals surface area contributed by atoms with Crippen LogP contribution in [0.1, 0.15) is 26.5 Å². The molecule has 0 spiro atoms. The van der Waals surface area contributed by atoms with E-state index in [2.05, 4.69) is 15.5 Å². The number of esters is 1. The highest BCUT2D eigenvalue weighted by atomic mass is 16.6. The van der Waals surface area contributed by atoms with E-state index in [1.165, 1.54) is 0 Å². The first-order valence-corrected chi connectivity index (χ1v) is 5.16. The normalized spacial score (nSPS) is 11.2. The van der Waals surface area contributed by atoms with Crippen molar-refractivity contribution in [2.75, 3.05) is 6.54 Å². The lowest BCUT2D eigenvalue weighted by molar-refractivity contribution is -0.153. The molecule has 0 atom stereocenters. The van der Waals surface area contributed by atoms with Crippen LogP contribution in [0.2, 0.25) is 0 Å².